The van der Waals surface area contributed by atoms with E-state index in [9.17, 15) is 8.42 Å². The first-order valence-corrected chi connectivity index (χ1v) is 7.70. The molecule has 1 aromatic heterocycles. The smallest absolute Gasteiger partial charge is 0.260 e. The van der Waals surface area contributed by atoms with Gasteiger partial charge in [-0.3, -0.25) is 0 Å². The molecule has 6 nitrogen and oxygen atoms in total. The van der Waals surface area contributed by atoms with Crippen molar-refractivity contribution in [2.75, 3.05) is 27.2 Å². The fraction of sp³-hybridized carbons (Fsp3) is 0.583. The van der Waals surface area contributed by atoms with Crippen LogP contribution in [0, 0.1) is 0 Å². The summed E-state index contributed by atoms with van der Waals surface area (Å²) in [7, 11) is 0.459. The number of aromatic nitrogens is 1. The lowest BCUT2D eigenvalue weighted by Gasteiger charge is -2.20. The van der Waals surface area contributed by atoms with Crippen LogP contribution in [0.2, 0.25) is 0 Å². The van der Waals surface area contributed by atoms with E-state index < -0.39 is 10.0 Å². The quantitative estimate of drug-likeness (QED) is 0.833. The van der Waals surface area contributed by atoms with Crippen LogP contribution >= 0.6 is 0 Å². The number of hydrogen-bond donors (Lipinski definition) is 1. The van der Waals surface area contributed by atoms with Crippen LogP contribution in [-0.2, 0) is 16.6 Å². The van der Waals surface area contributed by atoms with Crippen molar-refractivity contribution in [3.05, 3.63) is 23.9 Å². The van der Waals surface area contributed by atoms with Gasteiger partial charge in [-0.25, -0.2) is 13.4 Å². The van der Waals surface area contributed by atoms with Gasteiger partial charge in [-0.15, -0.1) is 0 Å². The molecule has 1 aromatic rings. The zero-order valence-electron chi connectivity index (χ0n) is 11.3. The summed E-state index contributed by atoms with van der Waals surface area (Å²) in [5.74, 6) is 0. The van der Waals surface area contributed by atoms with E-state index in [1.54, 1.807) is 6.07 Å². The Labute approximate surface area is 114 Å². The van der Waals surface area contributed by atoms with Gasteiger partial charge in [0.15, 0.2) is 5.03 Å². The average Bonchev–Trinajstić information content (AvgIpc) is 2.89. The van der Waals surface area contributed by atoms with Crippen LogP contribution < -0.4 is 5.73 Å². The van der Waals surface area contributed by atoms with Crippen LogP contribution in [0.15, 0.2) is 23.4 Å². The summed E-state index contributed by atoms with van der Waals surface area (Å²) in [6, 6.07) is 3.51. The molecule has 106 valence electrons. The number of sulfonamides is 1. The van der Waals surface area contributed by atoms with Gasteiger partial charge in [-0.2, -0.15) is 4.31 Å². The van der Waals surface area contributed by atoms with Crippen molar-refractivity contribution in [1.29, 1.82) is 0 Å². The lowest BCUT2D eigenvalue weighted by molar-refractivity contribution is 0.302. The number of pyridine rings is 1. The maximum atomic E-state index is 12.4. The van der Waals surface area contributed by atoms with Gasteiger partial charge < -0.3 is 10.6 Å². The second-order valence-electron chi connectivity index (χ2n) is 4.98. The summed E-state index contributed by atoms with van der Waals surface area (Å²) in [4.78, 5) is 6.07. The summed E-state index contributed by atoms with van der Waals surface area (Å²) < 4.78 is 26.3. The molecule has 0 bridgehead atoms. The highest BCUT2D eigenvalue weighted by Gasteiger charge is 2.33. The second-order valence-corrected chi connectivity index (χ2v) is 6.86. The zero-order valence-corrected chi connectivity index (χ0v) is 12.1. The molecule has 1 atom stereocenters. The molecule has 2 rings (SSSR count). The molecule has 1 aliphatic heterocycles. The molecule has 2 N–H and O–H groups in total. The predicted molar refractivity (Wildman–Crippen MR) is 73.0 cm³/mol. The van der Waals surface area contributed by atoms with E-state index >= 15 is 0 Å². The van der Waals surface area contributed by atoms with E-state index in [-0.39, 0.29) is 11.1 Å². The highest BCUT2D eigenvalue weighted by molar-refractivity contribution is 7.89. The van der Waals surface area contributed by atoms with Crippen molar-refractivity contribution in [2.45, 2.75) is 24.0 Å². The number of nitrogens with zero attached hydrogens (tertiary/aromatic N) is 3. The molecule has 0 radical (unpaired) electrons. The van der Waals surface area contributed by atoms with Crippen LogP contribution in [0.5, 0.6) is 0 Å². The van der Waals surface area contributed by atoms with Gasteiger partial charge in [-0.05, 0) is 32.1 Å². The van der Waals surface area contributed by atoms with Crippen LogP contribution in [0.4, 0.5) is 0 Å². The molecule has 0 aliphatic carbocycles. The average molecular weight is 284 g/mol. The minimum absolute atomic E-state index is 0.101. The van der Waals surface area contributed by atoms with Crippen LogP contribution in [0.1, 0.15) is 12.0 Å². The third-order valence-electron chi connectivity index (χ3n) is 3.49. The molecule has 2 heterocycles. The van der Waals surface area contributed by atoms with Gasteiger partial charge in [0.25, 0.3) is 10.0 Å². The third kappa shape index (κ3) is 2.94. The van der Waals surface area contributed by atoms with E-state index in [1.807, 2.05) is 14.1 Å². The van der Waals surface area contributed by atoms with Gasteiger partial charge in [-0.1, -0.05) is 6.07 Å². The molecule has 0 aromatic carbocycles. The molecule has 0 amide bonds. The molecular formula is C12H20N4O2S. The first-order chi connectivity index (χ1) is 8.95. The van der Waals surface area contributed by atoms with Crippen molar-refractivity contribution in [3.63, 3.8) is 0 Å². The molecule has 1 aliphatic rings. The molecule has 19 heavy (non-hydrogen) atoms. The Morgan fingerprint density at radius 3 is 2.68 bits per heavy atom. The Balaban J connectivity index is 2.18. The zero-order chi connectivity index (χ0) is 14.0. The van der Waals surface area contributed by atoms with Gasteiger partial charge in [0.05, 0.1) is 0 Å². The highest BCUT2D eigenvalue weighted by Crippen LogP contribution is 2.21. The van der Waals surface area contributed by atoms with E-state index in [0.717, 1.165) is 12.0 Å². The van der Waals surface area contributed by atoms with E-state index in [2.05, 4.69) is 9.88 Å². The Morgan fingerprint density at radius 1 is 1.47 bits per heavy atom. The number of rotatable bonds is 4. The topological polar surface area (TPSA) is 79.5 Å². The minimum atomic E-state index is -3.48. The SMILES string of the molecule is CN(C)C1CCN(S(=O)(=O)c2ccc(CN)cn2)C1. The lowest BCUT2D eigenvalue weighted by atomic mass is 10.2. The summed E-state index contributed by atoms with van der Waals surface area (Å²) in [5.41, 5.74) is 6.30. The predicted octanol–water partition coefficient (Wildman–Crippen LogP) is -0.135. The second kappa shape index (κ2) is 5.54. The molecule has 7 heteroatoms. The first-order valence-electron chi connectivity index (χ1n) is 6.26. The molecule has 1 saturated heterocycles. The van der Waals surface area contributed by atoms with Crippen molar-refractivity contribution in [2.24, 2.45) is 5.73 Å². The number of likely N-dealkylation sites (N-methyl/N-ethyl adjacent to an activating group) is 1. The molecule has 0 spiro atoms. The summed E-state index contributed by atoms with van der Waals surface area (Å²) in [6.45, 7) is 1.43. The fourth-order valence-corrected chi connectivity index (χ4v) is 3.57. The van der Waals surface area contributed by atoms with E-state index in [0.29, 0.717) is 19.6 Å². The lowest BCUT2D eigenvalue weighted by Crippen LogP contribution is -2.34. The van der Waals surface area contributed by atoms with Crippen molar-refractivity contribution in [1.82, 2.24) is 14.2 Å². The standard InChI is InChI=1S/C12H20N4O2S/c1-15(2)11-5-6-16(9-11)19(17,18)12-4-3-10(7-13)8-14-12/h3-4,8,11H,5-7,9,13H2,1-2H3. The number of nitrogens with two attached hydrogens (primary N) is 1. The van der Waals surface area contributed by atoms with Crippen LogP contribution in [-0.4, -0.2) is 55.8 Å². The van der Waals surface area contributed by atoms with Crippen molar-refractivity contribution >= 4 is 10.0 Å². The van der Waals surface area contributed by atoms with Gasteiger partial charge >= 0.3 is 0 Å². The summed E-state index contributed by atoms with van der Waals surface area (Å²) >= 11 is 0. The largest absolute Gasteiger partial charge is 0.326 e. The van der Waals surface area contributed by atoms with Crippen molar-refractivity contribution < 1.29 is 8.42 Å². The first kappa shape index (κ1) is 14.4. The Morgan fingerprint density at radius 2 is 2.21 bits per heavy atom. The maximum absolute atomic E-state index is 12.4. The van der Waals surface area contributed by atoms with E-state index in [1.165, 1.54) is 16.6 Å². The van der Waals surface area contributed by atoms with Crippen molar-refractivity contribution in [3.8, 4) is 0 Å². The van der Waals surface area contributed by atoms with Gasteiger partial charge in [0.2, 0.25) is 0 Å². The molecule has 0 saturated carbocycles. The van der Waals surface area contributed by atoms with Gasteiger partial charge in [0.1, 0.15) is 0 Å². The maximum Gasteiger partial charge on any atom is 0.260 e. The Kier molecular flexibility index (Phi) is 4.19. The van der Waals surface area contributed by atoms with Crippen LogP contribution in [0.3, 0.4) is 0 Å². The van der Waals surface area contributed by atoms with E-state index in [4.69, 9.17) is 5.73 Å². The van der Waals surface area contributed by atoms with Crippen LogP contribution in [0.25, 0.3) is 0 Å². The normalized spacial score (nSPS) is 21.2. The van der Waals surface area contributed by atoms with Gasteiger partial charge in [0, 0.05) is 31.9 Å². The fourth-order valence-electron chi connectivity index (χ4n) is 2.17. The minimum Gasteiger partial charge on any atom is -0.326 e. The molecule has 1 unspecified atom stereocenters. The highest BCUT2D eigenvalue weighted by atomic mass is 32.2. The summed E-state index contributed by atoms with van der Waals surface area (Å²) in [6.07, 6.45) is 2.37. The Hall–Kier alpha value is -1.02. The molecular weight excluding hydrogens is 264 g/mol. The number of hydrogen-bond acceptors (Lipinski definition) is 5. The summed E-state index contributed by atoms with van der Waals surface area (Å²) in [5, 5.41) is 0.101. The third-order valence-corrected chi connectivity index (χ3v) is 5.28. The molecule has 1 fully saturated rings. The Bertz CT molecular complexity index is 527. The monoisotopic (exact) mass is 284 g/mol.